The van der Waals surface area contributed by atoms with E-state index < -0.39 is 21.7 Å². The molecule has 5 rings (SSSR count). The molecule has 0 unspecified atom stereocenters. The third-order valence-corrected chi connectivity index (χ3v) is 7.66. The Kier molecular flexibility index (Phi) is 5.59. The van der Waals surface area contributed by atoms with Crippen LogP contribution in [0.5, 0.6) is 5.75 Å². The summed E-state index contributed by atoms with van der Waals surface area (Å²) in [5.41, 5.74) is 0.764. The standard InChI is InChI=1S/C21H28FNO5S/c1-27-7-8-29(25,26)23-20(24)17-9-16(15-4-5-15)19(10-18(17)22)28-13-21-6-2-3-14(11-21)12-21/h9-10,14-15H,2-8,11-13H2,1H3,(H,23,24). The minimum atomic E-state index is -3.89. The van der Waals surface area contributed by atoms with Crippen molar-refractivity contribution >= 4 is 15.9 Å². The highest BCUT2D eigenvalue weighted by atomic mass is 32.2. The molecule has 2 bridgehead atoms. The molecule has 0 aliphatic heterocycles. The molecule has 0 heterocycles. The lowest BCUT2D eigenvalue weighted by molar-refractivity contribution is -0.0414. The summed E-state index contributed by atoms with van der Waals surface area (Å²) in [6.45, 7) is 0.535. The molecule has 0 aromatic heterocycles. The maximum absolute atomic E-state index is 14.7. The average molecular weight is 426 g/mol. The van der Waals surface area contributed by atoms with Gasteiger partial charge in [0.2, 0.25) is 10.0 Å². The molecule has 0 saturated heterocycles. The van der Waals surface area contributed by atoms with Crippen molar-refractivity contribution in [3.63, 3.8) is 0 Å². The molecule has 29 heavy (non-hydrogen) atoms. The molecule has 8 heteroatoms. The summed E-state index contributed by atoms with van der Waals surface area (Å²) in [7, 11) is -2.52. The molecular formula is C21H28FNO5S. The number of fused-ring (bicyclic) bond motifs is 2. The maximum Gasteiger partial charge on any atom is 0.267 e. The number of carbonyl (C=O) groups is 1. The van der Waals surface area contributed by atoms with Crippen molar-refractivity contribution in [3.8, 4) is 5.75 Å². The molecular weight excluding hydrogens is 397 g/mol. The number of sulfonamides is 1. The Labute approximate surface area is 171 Å². The number of ether oxygens (including phenoxy) is 2. The highest BCUT2D eigenvalue weighted by Crippen LogP contribution is 2.56. The lowest BCUT2D eigenvalue weighted by Crippen LogP contribution is -2.45. The molecule has 4 fully saturated rings. The second-order valence-corrected chi connectivity index (χ2v) is 10.7. The molecule has 4 aliphatic carbocycles. The molecule has 1 N–H and O–H groups in total. The first-order valence-corrected chi connectivity index (χ1v) is 12.0. The number of amides is 1. The molecule has 160 valence electrons. The fraction of sp³-hybridized carbons (Fsp3) is 0.667. The summed E-state index contributed by atoms with van der Waals surface area (Å²) in [4.78, 5) is 12.4. The highest BCUT2D eigenvalue weighted by Gasteiger charge is 2.47. The number of rotatable bonds is 9. The number of halogens is 1. The van der Waals surface area contributed by atoms with Crippen LogP contribution in [0.4, 0.5) is 4.39 Å². The van der Waals surface area contributed by atoms with Crippen molar-refractivity contribution in [2.75, 3.05) is 26.1 Å². The fourth-order valence-electron chi connectivity index (χ4n) is 4.78. The van der Waals surface area contributed by atoms with Gasteiger partial charge in [0.15, 0.2) is 0 Å². The number of carbonyl (C=O) groups excluding carboxylic acids is 1. The average Bonchev–Trinajstić information content (AvgIpc) is 3.49. The van der Waals surface area contributed by atoms with Crippen LogP contribution in [-0.2, 0) is 14.8 Å². The van der Waals surface area contributed by atoms with Crippen LogP contribution in [0.1, 0.15) is 66.8 Å². The van der Waals surface area contributed by atoms with E-state index in [4.69, 9.17) is 9.47 Å². The number of nitrogens with one attached hydrogen (secondary N) is 1. The number of hydrogen-bond acceptors (Lipinski definition) is 5. The van der Waals surface area contributed by atoms with Gasteiger partial charge in [0.05, 0.1) is 24.5 Å². The zero-order valence-corrected chi connectivity index (χ0v) is 17.5. The minimum absolute atomic E-state index is 0.0478. The number of hydrogen-bond donors (Lipinski definition) is 1. The smallest absolute Gasteiger partial charge is 0.267 e. The third kappa shape index (κ3) is 4.58. The van der Waals surface area contributed by atoms with Crippen molar-refractivity contribution in [1.82, 2.24) is 4.72 Å². The molecule has 4 saturated carbocycles. The molecule has 1 aromatic rings. The number of methoxy groups -OCH3 is 1. The number of benzene rings is 1. The minimum Gasteiger partial charge on any atom is -0.493 e. The Hall–Kier alpha value is -1.67. The van der Waals surface area contributed by atoms with Crippen LogP contribution >= 0.6 is 0 Å². The van der Waals surface area contributed by atoms with Gasteiger partial charge in [-0.05, 0) is 55.6 Å². The first-order chi connectivity index (χ1) is 13.8. The van der Waals surface area contributed by atoms with Crippen molar-refractivity contribution in [2.24, 2.45) is 11.3 Å². The fourth-order valence-corrected chi connectivity index (χ4v) is 5.66. The summed E-state index contributed by atoms with van der Waals surface area (Å²) in [6, 6.07) is 2.71. The second-order valence-electron chi connectivity index (χ2n) is 8.84. The molecule has 0 radical (unpaired) electrons. The molecule has 6 nitrogen and oxygen atoms in total. The Balaban J connectivity index is 1.50. The van der Waals surface area contributed by atoms with Crippen molar-refractivity contribution < 1.29 is 27.1 Å². The van der Waals surface area contributed by atoms with Crippen LogP contribution in [0, 0.1) is 17.2 Å². The molecule has 4 aliphatic rings. The maximum atomic E-state index is 14.7. The molecule has 1 amide bonds. The Morgan fingerprint density at radius 1 is 1.28 bits per heavy atom. The zero-order valence-electron chi connectivity index (χ0n) is 16.7. The van der Waals surface area contributed by atoms with E-state index in [1.807, 2.05) is 4.72 Å². The predicted octanol–water partition coefficient (Wildman–Crippen LogP) is 3.37. The predicted molar refractivity (Wildman–Crippen MR) is 106 cm³/mol. The van der Waals surface area contributed by atoms with E-state index >= 15 is 0 Å². The van der Waals surface area contributed by atoms with E-state index in [0.29, 0.717) is 12.4 Å². The molecule has 0 atom stereocenters. The van der Waals surface area contributed by atoms with Gasteiger partial charge >= 0.3 is 0 Å². The lowest BCUT2D eigenvalue weighted by atomic mass is 9.54. The van der Waals surface area contributed by atoms with Gasteiger partial charge in [-0.3, -0.25) is 4.79 Å². The summed E-state index contributed by atoms with van der Waals surface area (Å²) < 4.78 is 51.3. The van der Waals surface area contributed by atoms with Gasteiger partial charge in [-0.15, -0.1) is 0 Å². The Morgan fingerprint density at radius 2 is 2.03 bits per heavy atom. The van der Waals surface area contributed by atoms with Gasteiger partial charge in [-0.25, -0.2) is 17.5 Å². The largest absolute Gasteiger partial charge is 0.493 e. The van der Waals surface area contributed by atoms with Gasteiger partial charge in [-0.1, -0.05) is 12.8 Å². The summed E-state index contributed by atoms with van der Waals surface area (Å²) in [5.74, 6) is -0.543. The van der Waals surface area contributed by atoms with Crippen molar-refractivity contribution in [2.45, 2.75) is 50.9 Å². The van der Waals surface area contributed by atoms with Crippen LogP contribution in [0.15, 0.2) is 12.1 Å². The van der Waals surface area contributed by atoms with Crippen LogP contribution in [0.25, 0.3) is 0 Å². The highest BCUT2D eigenvalue weighted by molar-refractivity contribution is 7.90. The molecule has 0 spiro atoms. The quantitative estimate of drug-likeness (QED) is 0.656. The topological polar surface area (TPSA) is 81.7 Å². The summed E-state index contributed by atoms with van der Waals surface area (Å²) >= 11 is 0. The van der Waals surface area contributed by atoms with Crippen LogP contribution in [-0.4, -0.2) is 40.4 Å². The zero-order chi connectivity index (χ0) is 20.6. The normalized spacial score (nSPS) is 25.9. The lowest BCUT2D eigenvalue weighted by Gasteiger charge is -2.52. The van der Waals surface area contributed by atoms with Gasteiger partial charge < -0.3 is 9.47 Å². The van der Waals surface area contributed by atoms with Gasteiger partial charge in [0.1, 0.15) is 11.6 Å². The van der Waals surface area contributed by atoms with Crippen LogP contribution in [0.2, 0.25) is 0 Å². The van der Waals surface area contributed by atoms with E-state index in [-0.39, 0.29) is 29.3 Å². The van der Waals surface area contributed by atoms with Crippen LogP contribution in [0.3, 0.4) is 0 Å². The van der Waals surface area contributed by atoms with Gasteiger partial charge in [0, 0.05) is 18.6 Å². The SMILES string of the molecule is COCCS(=O)(=O)NC(=O)c1cc(C2CC2)c(OCC23CCCC(C2)C3)cc1F. The summed E-state index contributed by atoms with van der Waals surface area (Å²) in [5, 5.41) is 0. The Bertz CT molecular complexity index is 885. The van der Waals surface area contributed by atoms with Crippen molar-refractivity contribution in [3.05, 3.63) is 29.1 Å². The van der Waals surface area contributed by atoms with Gasteiger partial charge in [-0.2, -0.15) is 0 Å². The second kappa shape index (κ2) is 7.87. The first-order valence-electron chi connectivity index (χ1n) is 10.3. The van der Waals surface area contributed by atoms with E-state index in [2.05, 4.69) is 0 Å². The molecule has 1 aromatic carbocycles. The van der Waals surface area contributed by atoms with Crippen LogP contribution < -0.4 is 9.46 Å². The third-order valence-electron chi connectivity index (χ3n) is 6.46. The monoisotopic (exact) mass is 425 g/mol. The first kappa shape index (κ1) is 20.6. The van der Waals surface area contributed by atoms with Gasteiger partial charge in [0.25, 0.3) is 5.91 Å². The van der Waals surface area contributed by atoms with E-state index in [1.54, 1.807) is 0 Å². The van der Waals surface area contributed by atoms with E-state index in [9.17, 15) is 17.6 Å². The van der Waals surface area contributed by atoms with E-state index in [1.165, 1.54) is 44.9 Å². The summed E-state index contributed by atoms with van der Waals surface area (Å²) in [6.07, 6.45) is 7.99. The van der Waals surface area contributed by atoms with E-state index in [0.717, 1.165) is 30.7 Å². The Morgan fingerprint density at radius 3 is 2.66 bits per heavy atom. The van der Waals surface area contributed by atoms with Crippen molar-refractivity contribution in [1.29, 1.82) is 0 Å².